The van der Waals surface area contributed by atoms with Crippen LogP contribution in [0, 0.1) is 13.8 Å². The van der Waals surface area contributed by atoms with Gasteiger partial charge in [-0.3, -0.25) is 14.8 Å². The van der Waals surface area contributed by atoms with Gasteiger partial charge in [-0.1, -0.05) is 12.1 Å². The minimum atomic E-state index is -0.0809. The Hall–Kier alpha value is -3.28. The molecule has 1 atom stereocenters. The van der Waals surface area contributed by atoms with Gasteiger partial charge in [0.15, 0.2) is 0 Å². The largest absolute Gasteiger partial charge is 0.497 e. The second kappa shape index (κ2) is 8.61. The number of carbonyl (C=O) groups is 1. The van der Waals surface area contributed by atoms with Crippen molar-refractivity contribution < 1.29 is 9.53 Å². The van der Waals surface area contributed by atoms with Gasteiger partial charge in [0.05, 0.1) is 30.7 Å². The van der Waals surface area contributed by atoms with Gasteiger partial charge in [0, 0.05) is 18.4 Å². The smallest absolute Gasteiger partial charge is 0.274 e. The van der Waals surface area contributed by atoms with Gasteiger partial charge in [0.1, 0.15) is 11.4 Å². The third kappa shape index (κ3) is 4.32. The van der Waals surface area contributed by atoms with Crippen molar-refractivity contribution in [2.75, 3.05) is 13.7 Å². The van der Waals surface area contributed by atoms with E-state index in [0.29, 0.717) is 12.2 Å². The molecule has 154 valence electrons. The third-order valence-corrected chi connectivity index (χ3v) is 5.43. The predicted octanol–water partition coefficient (Wildman–Crippen LogP) is 4.07. The number of rotatable bonds is 5. The molecule has 6 heteroatoms. The molecule has 1 aliphatic rings. The number of likely N-dealkylation sites (tertiary alicyclic amines) is 1. The zero-order valence-electron chi connectivity index (χ0n) is 17.6. The highest BCUT2D eigenvalue weighted by atomic mass is 16.5. The quantitative estimate of drug-likeness (QED) is 0.644. The highest BCUT2D eigenvalue weighted by Crippen LogP contribution is 2.33. The van der Waals surface area contributed by atoms with Crippen LogP contribution in [-0.4, -0.2) is 39.4 Å². The van der Waals surface area contributed by atoms with E-state index in [1.807, 2.05) is 30.9 Å². The van der Waals surface area contributed by atoms with Crippen LogP contribution in [0.1, 0.15) is 57.6 Å². The topological polar surface area (TPSA) is 68.2 Å². The second-order valence-electron chi connectivity index (χ2n) is 7.77. The maximum Gasteiger partial charge on any atom is 0.274 e. The molecular weight excluding hydrogens is 376 g/mol. The predicted molar refractivity (Wildman–Crippen MR) is 115 cm³/mol. The van der Waals surface area contributed by atoms with Crippen LogP contribution >= 0.6 is 0 Å². The van der Waals surface area contributed by atoms with E-state index in [0.717, 1.165) is 42.1 Å². The SMILES string of the molecule is COc1cccc(Cc2cc(C)nc([C@H]3CCCN3C(=O)c3cnc(C)cn3)c2)c1. The Balaban J connectivity index is 1.59. The van der Waals surface area contributed by atoms with Crippen molar-refractivity contribution in [2.24, 2.45) is 0 Å². The number of hydrogen-bond donors (Lipinski definition) is 0. The lowest BCUT2D eigenvalue weighted by Crippen LogP contribution is -2.31. The van der Waals surface area contributed by atoms with Gasteiger partial charge in [-0.25, -0.2) is 4.98 Å². The Bertz CT molecular complexity index is 1050. The Morgan fingerprint density at radius 2 is 1.97 bits per heavy atom. The van der Waals surface area contributed by atoms with Gasteiger partial charge in [0.2, 0.25) is 0 Å². The van der Waals surface area contributed by atoms with E-state index >= 15 is 0 Å². The third-order valence-electron chi connectivity index (χ3n) is 5.43. The number of aryl methyl sites for hydroxylation is 2. The van der Waals surface area contributed by atoms with Gasteiger partial charge in [0.25, 0.3) is 5.91 Å². The first-order valence-electron chi connectivity index (χ1n) is 10.2. The van der Waals surface area contributed by atoms with Gasteiger partial charge in [-0.05, 0) is 68.5 Å². The van der Waals surface area contributed by atoms with Crippen LogP contribution in [0.15, 0.2) is 48.8 Å². The number of aromatic nitrogens is 3. The molecule has 0 saturated carbocycles. The van der Waals surface area contributed by atoms with Gasteiger partial charge in [-0.15, -0.1) is 0 Å². The monoisotopic (exact) mass is 402 g/mol. The van der Waals surface area contributed by atoms with Gasteiger partial charge >= 0.3 is 0 Å². The molecule has 1 amide bonds. The first kappa shape index (κ1) is 20.0. The van der Waals surface area contributed by atoms with Crippen molar-refractivity contribution in [1.82, 2.24) is 19.9 Å². The second-order valence-corrected chi connectivity index (χ2v) is 7.77. The molecule has 6 nitrogen and oxygen atoms in total. The normalized spacial score (nSPS) is 16.0. The van der Waals surface area contributed by atoms with Crippen molar-refractivity contribution in [3.8, 4) is 5.75 Å². The average molecular weight is 402 g/mol. The van der Waals surface area contributed by atoms with Crippen molar-refractivity contribution in [3.63, 3.8) is 0 Å². The number of ether oxygens (including phenoxy) is 1. The summed E-state index contributed by atoms with van der Waals surface area (Å²) >= 11 is 0. The molecule has 30 heavy (non-hydrogen) atoms. The van der Waals surface area contributed by atoms with Crippen LogP contribution in [-0.2, 0) is 6.42 Å². The molecule has 1 aromatic carbocycles. The van der Waals surface area contributed by atoms with Crippen LogP contribution in [0.4, 0.5) is 0 Å². The molecule has 3 aromatic rings. The summed E-state index contributed by atoms with van der Waals surface area (Å²) in [5, 5.41) is 0. The lowest BCUT2D eigenvalue weighted by atomic mass is 10.0. The van der Waals surface area contributed by atoms with E-state index in [4.69, 9.17) is 9.72 Å². The summed E-state index contributed by atoms with van der Waals surface area (Å²) in [5.74, 6) is 0.771. The van der Waals surface area contributed by atoms with E-state index in [1.54, 1.807) is 19.5 Å². The van der Waals surface area contributed by atoms with E-state index in [1.165, 1.54) is 11.1 Å². The van der Waals surface area contributed by atoms with Crippen LogP contribution < -0.4 is 4.74 Å². The fraction of sp³-hybridized carbons (Fsp3) is 0.333. The summed E-state index contributed by atoms with van der Waals surface area (Å²) in [4.78, 5) is 28.2. The standard InChI is InChI=1S/C24H26N4O2/c1-16-10-19(11-18-6-4-7-20(12-18)30-3)13-21(27-16)23-8-5-9-28(23)24(29)22-15-25-17(2)14-26-22/h4,6-7,10,12-15,23H,5,8-9,11H2,1-3H3/t23-/m1/s1. The molecule has 0 radical (unpaired) electrons. The number of amides is 1. The molecular formula is C24H26N4O2. The van der Waals surface area contributed by atoms with Crippen LogP contribution in [0.3, 0.4) is 0 Å². The summed E-state index contributed by atoms with van der Waals surface area (Å²) in [7, 11) is 1.68. The first-order chi connectivity index (χ1) is 14.5. The summed E-state index contributed by atoms with van der Waals surface area (Å²) < 4.78 is 5.34. The molecule has 1 fully saturated rings. The number of benzene rings is 1. The highest BCUT2D eigenvalue weighted by molar-refractivity contribution is 5.92. The zero-order valence-corrected chi connectivity index (χ0v) is 17.6. The molecule has 0 aliphatic carbocycles. The molecule has 0 spiro atoms. The van der Waals surface area contributed by atoms with Crippen molar-refractivity contribution in [3.05, 3.63) is 82.7 Å². The van der Waals surface area contributed by atoms with Crippen molar-refractivity contribution in [2.45, 2.75) is 39.2 Å². The number of hydrogen-bond acceptors (Lipinski definition) is 5. The maximum atomic E-state index is 13.1. The summed E-state index contributed by atoms with van der Waals surface area (Å²) in [6, 6.07) is 12.3. The minimum Gasteiger partial charge on any atom is -0.497 e. The zero-order chi connectivity index (χ0) is 21.1. The number of pyridine rings is 1. The number of carbonyl (C=O) groups excluding carboxylic acids is 1. The molecule has 4 rings (SSSR count). The van der Waals surface area contributed by atoms with Crippen LogP contribution in [0.5, 0.6) is 5.75 Å². The Labute approximate surface area is 177 Å². The maximum absolute atomic E-state index is 13.1. The fourth-order valence-electron chi connectivity index (χ4n) is 4.03. The van der Waals surface area contributed by atoms with E-state index in [-0.39, 0.29) is 11.9 Å². The van der Waals surface area contributed by atoms with Crippen LogP contribution in [0.2, 0.25) is 0 Å². The Morgan fingerprint density at radius 1 is 1.10 bits per heavy atom. The molecule has 1 saturated heterocycles. The summed E-state index contributed by atoms with van der Waals surface area (Å²) in [5.41, 5.74) is 5.45. The first-order valence-corrected chi connectivity index (χ1v) is 10.2. The lowest BCUT2D eigenvalue weighted by Gasteiger charge is -2.24. The van der Waals surface area contributed by atoms with E-state index in [2.05, 4.69) is 34.2 Å². The van der Waals surface area contributed by atoms with E-state index < -0.39 is 0 Å². The fourth-order valence-corrected chi connectivity index (χ4v) is 4.03. The van der Waals surface area contributed by atoms with Crippen LogP contribution in [0.25, 0.3) is 0 Å². The number of methoxy groups -OCH3 is 1. The molecule has 0 N–H and O–H groups in total. The Kier molecular flexibility index (Phi) is 5.74. The molecule has 0 unspecified atom stereocenters. The van der Waals surface area contributed by atoms with Crippen molar-refractivity contribution in [1.29, 1.82) is 0 Å². The van der Waals surface area contributed by atoms with Crippen molar-refractivity contribution >= 4 is 5.91 Å². The average Bonchev–Trinajstić information content (AvgIpc) is 3.23. The van der Waals surface area contributed by atoms with Gasteiger partial charge < -0.3 is 9.64 Å². The molecule has 0 bridgehead atoms. The lowest BCUT2D eigenvalue weighted by molar-refractivity contribution is 0.0726. The number of nitrogens with zero attached hydrogens (tertiary/aromatic N) is 4. The van der Waals surface area contributed by atoms with E-state index in [9.17, 15) is 4.79 Å². The highest BCUT2D eigenvalue weighted by Gasteiger charge is 2.32. The summed E-state index contributed by atoms with van der Waals surface area (Å²) in [6.07, 6.45) is 5.84. The minimum absolute atomic E-state index is 0.0374. The molecule has 3 heterocycles. The molecule has 1 aliphatic heterocycles. The summed E-state index contributed by atoms with van der Waals surface area (Å²) in [6.45, 7) is 4.57. The van der Waals surface area contributed by atoms with Gasteiger partial charge in [-0.2, -0.15) is 0 Å². The Morgan fingerprint density at radius 3 is 2.73 bits per heavy atom. The molecule has 2 aromatic heterocycles.